The average molecular weight is 347 g/mol. The lowest BCUT2D eigenvalue weighted by atomic mass is 9.96. The van der Waals surface area contributed by atoms with Crippen LogP contribution in [0.2, 0.25) is 0 Å². The van der Waals surface area contributed by atoms with Crippen LogP contribution in [0.3, 0.4) is 0 Å². The molecule has 0 spiro atoms. The molecule has 1 aromatic carbocycles. The molecule has 0 aromatic heterocycles. The van der Waals surface area contributed by atoms with Gasteiger partial charge in [-0.05, 0) is 49.9 Å². The van der Waals surface area contributed by atoms with Gasteiger partial charge in [0.15, 0.2) is 0 Å². The first-order valence-corrected chi connectivity index (χ1v) is 8.88. The zero-order chi connectivity index (χ0) is 18.2. The molecule has 0 radical (unpaired) electrons. The third-order valence-electron chi connectivity index (χ3n) is 4.72. The quantitative estimate of drug-likeness (QED) is 0.785. The summed E-state index contributed by atoms with van der Waals surface area (Å²) in [5.74, 6) is 1.23. The van der Waals surface area contributed by atoms with E-state index in [4.69, 9.17) is 4.74 Å². The van der Waals surface area contributed by atoms with E-state index in [2.05, 4.69) is 15.5 Å². The molecule has 6 heteroatoms. The predicted molar refractivity (Wildman–Crippen MR) is 97.3 cm³/mol. The summed E-state index contributed by atoms with van der Waals surface area (Å²) < 4.78 is 5.20. The molecule has 1 aliphatic rings. The fourth-order valence-corrected chi connectivity index (χ4v) is 3.19. The third kappa shape index (κ3) is 6.05. The number of nitrogens with zero attached hydrogens (tertiary/aromatic N) is 1. The van der Waals surface area contributed by atoms with Crippen LogP contribution in [0.4, 0.5) is 0 Å². The highest BCUT2D eigenvalue weighted by Gasteiger charge is 2.27. The van der Waals surface area contributed by atoms with Gasteiger partial charge in [0.2, 0.25) is 11.8 Å². The number of ether oxygens (including phenoxy) is 1. The number of likely N-dealkylation sites (tertiary alicyclic amines) is 1. The van der Waals surface area contributed by atoms with E-state index >= 15 is 0 Å². The molecule has 1 fully saturated rings. The van der Waals surface area contributed by atoms with Gasteiger partial charge in [0.1, 0.15) is 5.75 Å². The number of benzene rings is 1. The summed E-state index contributed by atoms with van der Waals surface area (Å²) in [6.07, 6.45) is 2.15. The van der Waals surface area contributed by atoms with E-state index in [0.29, 0.717) is 19.0 Å². The first-order chi connectivity index (χ1) is 12.0. The van der Waals surface area contributed by atoms with Crippen LogP contribution in [-0.4, -0.2) is 49.5 Å². The summed E-state index contributed by atoms with van der Waals surface area (Å²) in [5.41, 5.74) is 1.02. The number of amides is 2. The maximum Gasteiger partial charge on any atom is 0.237 e. The van der Waals surface area contributed by atoms with Crippen LogP contribution in [0, 0.1) is 5.92 Å². The largest absolute Gasteiger partial charge is 0.497 e. The fraction of sp³-hybridized carbons (Fsp3) is 0.579. The van der Waals surface area contributed by atoms with Crippen LogP contribution in [0.5, 0.6) is 5.75 Å². The van der Waals surface area contributed by atoms with Gasteiger partial charge in [0.05, 0.1) is 13.2 Å². The van der Waals surface area contributed by atoms with Crippen LogP contribution in [0.25, 0.3) is 0 Å². The maximum absolute atomic E-state index is 12.5. The molecule has 0 saturated carbocycles. The van der Waals surface area contributed by atoms with Crippen molar-refractivity contribution in [3.8, 4) is 5.75 Å². The Morgan fingerprint density at radius 1 is 1.36 bits per heavy atom. The second kappa shape index (κ2) is 9.42. The first-order valence-electron chi connectivity index (χ1n) is 8.88. The molecule has 0 aliphatic carbocycles. The number of piperidine rings is 1. The summed E-state index contributed by atoms with van der Waals surface area (Å²) in [7, 11) is 1.63. The Bertz CT molecular complexity index is 591. The number of carbonyl (C=O) groups is 2. The van der Waals surface area contributed by atoms with Crippen molar-refractivity contribution in [1.29, 1.82) is 0 Å². The molecule has 6 nitrogen and oxygen atoms in total. The second-order valence-electron chi connectivity index (χ2n) is 6.69. The van der Waals surface area contributed by atoms with Crippen LogP contribution >= 0.6 is 0 Å². The fourth-order valence-electron chi connectivity index (χ4n) is 3.19. The zero-order valence-electron chi connectivity index (χ0n) is 15.4. The molecule has 2 rings (SSSR count). The molecule has 0 bridgehead atoms. The molecule has 2 amide bonds. The molecule has 2 unspecified atom stereocenters. The smallest absolute Gasteiger partial charge is 0.237 e. The van der Waals surface area contributed by atoms with E-state index in [-0.39, 0.29) is 17.9 Å². The zero-order valence-corrected chi connectivity index (χ0v) is 15.4. The van der Waals surface area contributed by atoms with E-state index in [0.717, 1.165) is 37.2 Å². The SMILES string of the molecule is COc1cccc(CNC(=O)C(C)N2CCCC(CNC(C)=O)C2)c1. The minimum atomic E-state index is -0.175. The molecule has 1 heterocycles. The number of nitrogens with one attached hydrogen (secondary N) is 2. The molecule has 2 N–H and O–H groups in total. The van der Waals surface area contributed by atoms with Crippen LogP contribution in [-0.2, 0) is 16.1 Å². The second-order valence-corrected chi connectivity index (χ2v) is 6.69. The summed E-state index contributed by atoms with van der Waals surface area (Å²) in [6.45, 7) is 6.42. The molecule has 1 saturated heterocycles. The van der Waals surface area contributed by atoms with Gasteiger partial charge in [-0.2, -0.15) is 0 Å². The van der Waals surface area contributed by atoms with Gasteiger partial charge >= 0.3 is 0 Å². The van der Waals surface area contributed by atoms with Crippen molar-refractivity contribution < 1.29 is 14.3 Å². The Balaban J connectivity index is 1.82. The lowest BCUT2D eigenvalue weighted by Gasteiger charge is -2.36. The highest BCUT2D eigenvalue weighted by Crippen LogP contribution is 2.18. The van der Waals surface area contributed by atoms with E-state index in [1.165, 1.54) is 6.92 Å². The van der Waals surface area contributed by atoms with Crippen molar-refractivity contribution in [1.82, 2.24) is 15.5 Å². The molecular weight excluding hydrogens is 318 g/mol. The summed E-state index contributed by atoms with van der Waals surface area (Å²) in [5, 5.41) is 5.89. The number of carbonyl (C=O) groups excluding carboxylic acids is 2. The van der Waals surface area contributed by atoms with Crippen molar-refractivity contribution >= 4 is 11.8 Å². The predicted octanol–water partition coefficient (Wildman–Crippen LogP) is 1.55. The molecule has 1 aromatic rings. The Hall–Kier alpha value is -2.08. The molecule has 25 heavy (non-hydrogen) atoms. The first kappa shape index (κ1) is 19.2. The summed E-state index contributed by atoms with van der Waals surface area (Å²) >= 11 is 0. The van der Waals surface area contributed by atoms with Gasteiger partial charge in [-0.3, -0.25) is 14.5 Å². The van der Waals surface area contributed by atoms with E-state index in [1.54, 1.807) is 7.11 Å². The van der Waals surface area contributed by atoms with Gasteiger partial charge in [-0.25, -0.2) is 0 Å². The number of hydrogen-bond donors (Lipinski definition) is 2. The number of hydrogen-bond acceptors (Lipinski definition) is 4. The van der Waals surface area contributed by atoms with E-state index < -0.39 is 0 Å². The number of rotatable bonds is 7. The standard InChI is InChI=1S/C19H29N3O3/c1-14(22-9-5-7-17(13-22)12-20-15(2)23)19(24)21-11-16-6-4-8-18(10-16)25-3/h4,6,8,10,14,17H,5,7,9,11-13H2,1-3H3,(H,20,23)(H,21,24). The summed E-state index contributed by atoms with van der Waals surface area (Å²) in [6, 6.07) is 7.52. The summed E-state index contributed by atoms with van der Waals surface area (Å²) in [4.78, 5) is 25.8. The van der Waals surface area contributed by atoms with Crippen molar-refractivity contribution in [3.05, 3.63) is 29.8 Å². The topological polar surface area (TPSA) is 70.7 Å². The minimum absolute atomic E-state index is 0.00112. The lowest BCUT2D eigenvalue weighted by Crippen LogP contribution is -2.50. The monoisotopic (exact) mass is 347 g/mol. The Labute approximate surface area is 149 Å². The third-order valence-corrected chi connectivity index (χ3v) is 4.72. The van der Waals surface area contributed by atoms with Crippen molar-refractivity contribution in [2.75, 3.05) is 26.7 Å². The van der Waals surface area contributed by atoms with Gasteiger partial charge in [-0.15, -0.1) is 0 Å². The van der Waals surface area contributed by atoms with Gasteiger partial charge in [0, 0.05) is 26.6 Å². The Kier molecular flexibility index (Phi) is 7.25. The normalized spacial score (nSPS) is 19.1. The van der Waals surface area contributed by atoms with Crippen LogP contribution in [0.1, 0.15) is 32.3 Å². The molecule has 1 aliphatic heterocycles. The van der Waals surface area contributed by atoms with Crippen LogP contribution in [0.15, 0.2) is 24.3 Å². The lowest BCUT2D eigenvalue weighted by molar-refractivity contribution is -0.127. The van der Waals surface area contributed by atoms with Crippen molar-refractivity contribution in [2.24, 2.45) is 5.92 Å². The Morgan fingerprint density at radius 2 is 2.16 bits per heavy atom. The number of methoxy groups -OCH3 is 1. The van der Waals surface area contributed by atoms with Crippen molar-refractivity contribution in [2.45, 2.75) is 39.3 Å². The van der Waals surface area contributed by atoms with Crippen molar-refractivity contribution in [3.63, 3.8) is 0 Å². The maximum atomic E-state index is 12.5. The minimum Gasteiger partial charge on any atom is -0.497 e. The van der Waals surface area contributed by atoms with Gasteiger partial charge in [0.25, 0.3) is 0 Å². The highest BCUT2D eigenvalue weighted by atomic mass is 16.5. The molecular formula is C19H29N3O3. The molecule has 138 valence electrons. The van der Waals surface area contributed by atoms with E-state index in [1.807, 2.05) is 31.2 Å². The van der Waals surface area contributed by atoms with Gasteiger partial charge < -0.3 is 15.4 Å². The average Bonchev–Trinajstić information content (AvgIpc) is 2.64. The van der Waals surface area contributed by atoms with E-state index in [9.17, 15) is 9.59 Å². The van der Waals surface area contributed by atoms with Crippen LogP contribution < -0.4 is 15.4 Å². The van der Waals surface area contributed by atoms with Gasteiger partial charge in [-0.1, -0.05) is 12.1 Å². The molecule has 2 atom stereocenters. The Morgan fingerprint density at radius 3 is 2.88 bits per heavy atom. The highest BCUT2D eigenvalue weighted by molar-refractivity contribution is 5.81.